The minimum atomic E-state index is -0.398. The molecule has 7 rings (SSSR count). The van der Waals surface area contributed by atoms with Crippen LogP contribution in [0.3, 0.4) is 0 Å². The van der Waals surface area contributed by atoms with Crippen molar-refractivity contribution in [3.63, 3.8) is 0 Å². The smallest absolute Gasteiger partial charge is 0.414 e. The van der Waals surface area contributed by atoms with Crippen LogP contribution in [-0.4, -0.2) is 68.8 Å². The quantitative estimate of drug-likeness (QED) is 0.241. The molecule has 4 saturated heterocycles. The molecule has 232 valence electrons. The molecule has 0 N–H and O–H groups in total. The van der Waals surface area contributed by atoms with E-state index in [1.54, 1.807) is 17.0 Å². The molecule has 0 aromatic heterocycles. The van der Waals surface area contributed by atoms with E-state index in [0.29, 0.717) is 55.8 Å². The van der Waals surface area contributed by atoms with Crippen molar-refractivity contribution in [2.75, 3.05) is 44.4 Å². The molecule has 4 heterocycles. The lowest BCUT2D eigenvalue weighted by molar-refractivity contribution is -0.0402. The highest BCUT2D eigenvalue weighted by Crippen LogP contribution is 2.32. The van der Waals surface area contributed by atoms with Crippen molar-refractivity contribution in [1.29, 1.82) is 0 Å². The fourth-order valence-corrected chi connectivity index (χ4v) is 6.05. The number of amides is 1. The molecule has 4 aliphatic heterocycles. The van der Waals surface area contributed by atoms with Crippen LogP contribution in [0.4, 0.5) is 10.5 Å². The second kappa shape index (κ2) is 14.2. The second-order valence-electron chi connectivity index (χ2n) is 11.6. The molecule has 1 atom stereocenters. The van der Waals surface area contributed by atoms with Gasteiger partial charge in [-0.3, -0.25) is 9.80 Å². The molecule has 4 fully saturated rings. The number of nitrogens with zero attached hydrogens (tertiary/aromatic N) is 2. The van der Waals surface area contributed by atoms with E-state index in [4.69, 9.17) is 23.7 Å². The normalized spacial score (nSPS) is 21.2. The number of hydrogen-bond acceptors (Lipinski definition) is 8. The third kappa shape index (κ3) is 7.41. The topological polar surface area (TPSA) is 86.8 Å². The molecule has 0 unspecified atom stereocenters. The summed E-state index contributed by atoms with van der Waals surface area (Å²) in [6, 6.07) is 22.5. The highest BCUT2D eigenvalue weighted by molar-refractivity contribution is 5.90. The summed E-state index contributed by atoms with van der Waals surface area (Å²) < 4.78 is 29.2. The van der Waals surface area contributed by atoms with Crippen LogP contribution in [0.1, 0.15) is 47.7 Å². The van der Waals surface area contributed by atoms with Gasteiger partial charge in [0.1, 0.15) is 17.6 Å². The van der Waals surface area contributed by atoms with Crippen LogP contribution in [-0.2, 0) is 31.9 Å². The van der Waals surface area contributed by atoms with Crippen molar-refractivity contribution in [2.45, 2.75) is 51.5 Å². The van der Waals surface area contributed by atoms with Crippen LogP contribution >= 0.6 is 0 Å². The minimum Gasteiger partial charge on any atom is -0.462 e. The van der Waals surface area contributed by atoms with Gasteiger partial charge in [-0.1, -0.05) is 43.3 Å². The lowest BCUT2D eigenvalue weighted by atomic mass is 9.86. The van der Waals surface area contributed by atoms with Crippen molar-refractivity contribution in [1.82, 2.24) is 4.90 Å². The molecular weight excluding hydrogens is 560 g/mol. The predicted molar refractivity (Wildman–Crippen MR) is 165 cm³/mol. The zero-order valence-electron chi connectivity index (χ0n) is 25.2. The summed E-state index contributed by atoms with van der Waals surface area (Å²) in [5.74, 6) is 1.12. The lowest BCUT2D eigenvalue weighted by Crippen LogP contribution is -2.53. The lowest BCUT2D eigenvalue weighted by Gasteiger charge is -2.44. The SMILES string of the molecule is CCCOC(=O)c1ccc(CC2OCCO2)c(Oc2cccc(CN(C(=O)O[C@H]3CN4CCC3CC4)c3ccccc3)c2)c1. The molecule has 1 amide bonds. The molecule has 2 bridgehead atoms. The van der Waals surface area contributed by atoms with Gasteiger partial charge in [0.25, 0.3) is 0 Å². The van der Waals surface area contributed by atoms with Gasteiger partial charge in [-0.15, -0.1) is 0 Å². The van der Waals surface area contributed by atoms with E-state index in [1.807, 2.05) is 67.6 Å². The summed E-state index contributed by atoms with van der Waals surface area (Å²) in [4.78, 5) is 30.3. The molecule has 9 heteroatoms. The summed E-state index contributed by atoms with van der Waals surface area (Å²) in [7, 11) is 0. The monoisotopic (exact) mass is 600 g/mol. The fourth-order valence-electron chi connectivity index (χ4n) is 6.05. The largest absolute Gasteiger partial charge is 0.462 e. The standard InChI is InChI=1S/C35H40N2O7/c1-2-17-42-34(38)28-12-11-27(22-33-40-18-19-41-33)31(21-28)43-30-10-6-7-25(20-30)23-37(29-8-4-3-5-9-29)35(39)44-32-24-36-15-13-26(32)14-16-36/h3-12,20-21,26,32-33H,2,13-19,22-24H2,1H3/t32-/m0/s1. The average Bonchev–Trinajstić information content (AvgIpc) is 3.57. The number of hydrogen-bond donors (Lipinski definition) is 0. The summed E-state index contributed by atoms with van der Waals surface area (Å²) in [5, 5.41) is 0. The van der Waals surface area contributed by atoms with E-state index in [1.165, 1.54) is 0 Å². The maximum Gasteiger partial charge on any atom is 0.414 e. The fraction of sp³-hybridized carbons (Fsp3) is 0.429. The maximum absolute atomic E-state index is 13.6. The predicted octanol–water partition coefficient (Wildman–Crippen LogP) is 6.20. The Morgan fingerprint density at radius 1 is 0.955 bits per heavy atom. The second-order valence-corrected chi connectivity index (χ2v) is 11.6. The van der Waals surface area contributed by atoms with E-state index in [0.717, 1.165) is 55.7 Å². The van der Waals surface area contributed by atoms with Gasteiger partial charge in [-0.05, 0) is 85.8 Å². The summed E-state index contributed by atoms with van der Waals surface area (Å²) in [5.41, 5.74) is 2.90. The highest BCUT2D eigenvalue weighted by Gasteiger charge is 2.37. The van der Waals surface area contributed by atoms with Crippen LogP contribution < -0.4 is 9.64 Å². The highest BCUT2D eigenvalue weighted by atomic mass is 16.7. The van der Waals surface area contributed by atoms with E-state index in [2.05, 4.69) is 4.90 Å². The van der Waals surface area contributed by atoms with Crippen molar-refractivity contribution < 1.29 is 33.3 Å². The summed E-state index contributed by atoms with van der Waals surface area (Å²) in [6.07, 6.45) is 2.55. The maximum atomic E-state index is 13.6. The van der Waals surface area contributed by atoms with Gasteiger partial charge in [0.2, 0.25) is 0 Å². The Balaban J connectivity index is 1.22. The molecule has 4 aliphatic rings. The number of rotatable bonds is 11. The first-order valence-corrected chi connectivity index (χ1v) is 15.6. The van der Waals surface area contributed by atoms with Crippen molar-refractivity contribution in [3.05, 3.63) is 89.5 Å². The van der Waals surface area contributed by atoms with Crippen LogP contribution in [0.25, 0.3) is 0 Å². The molecular formula is C35H40N2O7. The number of para-hydroxylation sites is 1. The third-order valence-corrected chi connectivity index (χ3v) is 8.42. The van der Waals surface area contributed by atoms with Crippen molar-refractivity contribution in [2.24, 2.45) is 5.92 Å². The molecule has 0 radical (unpaired) electrons. The van der Waals surface area contributed by atoms with E-state index < -0.39 is 5.97 Å². The molecule has 44 heavy (non-hydrogen) atoms. The van der Waals surface area contributed by atoms with Gasteiger partial charge in [0.15, 0.2) is 6.29 Å². The molecule has 3 aromatic carbocycles. The molecule has 0 spiro atoms. The van der Waals surface area contributed by atoms with Crippen LogP contribution in [0, 0.1) is 5.92 Å². The number of benzene rings is 3. The van der Waals surface area contributed by atoms with E-state index >= 15 is 0 Å². The van der Waals surface area contributed by atoms with Crippen LogP contribution in [0.2, 0.25) is 0 Å². The summed E-state index contributed by atoms with van der Waals surface area (Å²) in [6.45, 7) is 6.67. The Hall–Kier alpha value is -3.92. The Bertz CT molecular complexity index is 1420. The first kappa shape index (κ1) is 30.1. The van der Waals surface area contributed by atoms with E-state index in [-0.39, 0.29) is 18.5 Å². The zero-order chi connectivity index (χ0) is 30.3. The first-order valence-electron chi connectivity index (χ1n) is 15.6. The Kier molecular flexibility index (Phi) is 9.75. The van der Waals surface area contributed by atoms with Gasteiger partial charge in [0.05, 0.1) is 31.9 Å². The molecule has 9 nitrogen and oxygen atoms in total. The molecule has 0 aliphatic carbocycles. The van der Waals surface area contributed by atoms with Crippen molar-refractivity contribution >= 4 is 17.7 Å². The summed E-state index contributed by atoms with van der Waals surface area (Å²) >= 11 is 0. The number of anilines is 1. The molecule has 3 aromatic rings. The zero-order valence-corrected chi connectivity index (χ0v) is 25.2. The number of ether oxygens (including phenoxy) is 5. The van der Waals surface area contributed by atoms with Gasteiger partial charge in [-0.2, -0.15) is 0 Å². The number of piperidine rings is 3. The number of esters is 1. The minimum absolute atomic E-state index is 0.0894. The van der Waals surface area contributed by atoms with Gasteiger partial charge in [0, 0.05) is 18.7 Å². The van der Waals surface area contributed by atoms with Gasteiger partial charge in [-0.25, -0.2) is 9.59 Å². The number of carbonyl (C=O) groups excluding carboxylic acids is 2. The third-order valence-electron chi connectivity index (χ3n) is 8.42. The Morgan fingerprint density at radius 3 is 2.48 bits per heavy atom. The van der Waals surface area contributed by atoms with E-state index in [9.17, 15) is 9.59 Å². The van der Waals surface area contributed by atoms with Crippen molar-refractivity contribution in [3.8, 4) is 11.5 Å². The van der Waals surface area contributed by atoms with Crippen LogP contribution in [0.5, 0.6) is 11.5 Å². The Labute approximate surface area is 258 Å². The molecule has 0 saturated carbocycles. The van der Waals surface area contributed by atoms with Gasteiger partial charge < -0.3 is 23.7 Å². The number of carbonyl (C=O) groups is 2. The average molecular weight is 601 g/mol. The first-order chi connectivity index (χ1) is 21.6. The number of fused-ring (bicyclic) bond motifs is 3. The Morgan fingerprint density at radius 2 is 1.75 bits per heavy atom. The van der Waals surface area contributed by atoms with Crippen LogP contribution in [0.15, 0.2) is 72.8 Å². The van der Waals surface area contributed by atoms with Gasteiger partial charge >= 0.3 is 12.1 Å².